The fraction of sp³-hybridized carbons (Fsp3) is 0.647. The Kier molecular flexibility index (Phi) is 5.87. The van der Waals surface area contributed by atoms with Crippen LogP contribution in [0.3, 0.4) is 0 Å². The van der Waals surface area contributed by atoms with Crippen LogP contribution >= 0.6 is 0 Å². The lowest BCUT2D eigenvalue weighted by molar-refractivity contribution is 0.296. The summed E-state index contributed by atoms with van der Waals surface area (Å²) in [7, 11) is 0. The molecule has 19 heavy (non-hydrogen) atoms. The van der Waals surface area contributed by atoms with Crippen LogP contribution in [0.2, 0.25) is 0 Å². The number of nitrogens with zero attached hydrogens (tertiary/aromatic N) is 1. The second-order valence-corrected chi connectivity index (χ2v) is 5.63. The quantitative estimate of drug-likeness (QED) is 0.845. The van der Waals surface area contributed by atoms with Gasteiger partial charge in [-0.25, -0.2) is 0 Å². The topological polar surface area (TPSA) is 15.3 Å². The molecule has 0 bridgehead atoms. The highest BCUT2D eigenvalue weighted by Crippen LogP contribution is 2.14. The third kappa shape index (κ3) is 4.63. The highest BCUT2D eigenvalue weighted by atomic mass is 15.1. The van der Waals surface area contributed by atoms with Crippen molar-refractivity contribution in [1.82, 2.24) is 10.2 Å². The van der Waals surface area contributed by atoms with Crippen molar-refractivity contribution >= 4 is 0 Å². The molecule has 0 saturated carbocycles. The molecule has 1 saturated heterocycles. The van der Waals surface area contributed by atoms with Crippen molar-refractivity contribution in [3.63, 3.8) is 0 Å². The van der Waals surface area contributed by atoms with Gasteiger partial charge >= 0.3 is 0 Å². The SMILES string of the molecule is CCN(CC)Cc1ccc(CC2CCCCN2)cc1. The maximum absolute atomic E-state index is 3.62. The fourth-order valence-corrected chi connectivity index (χ4v) is 2.87. The fourth-order valence-electron chi connectivity index (χ4n) is 2.87. The molecular weight excluding hydrogens is 232 g/mol. The smallest absolute Gasteiger partial charge is 0.0233 e. The van der Waals surface area contributed by atoms with Crippen molar-refractivity contribution in [2.24, 2.45) is 0 Å². The number of piperidine rings is 1. The van der Waals surface area contributed by atoms with Gasteiger partial charge in [-0.05, 0) is 50.0 Å². The van der Waals surface area contributed by atoms with E-state index in [1.165, 1.54) is 43.4 Å². The lowest BCUT2D eigenvalue weighted by Crippen LogP contribution is -2.35. The molecule has 1 fully saturated rings. The van der Waals surface area contributed by atoms with Crippen molar-refractivity contribution < 1.29 is 0 Å². The number of benzene rings is 1. The normalized spacial score (nSPS) is 19.8. The molecule has 2 heteroatoms. The molecule has 1 aliphatic rings. The third-order valence-corrected chi connectivity index (χ3v) is 4.22. The molecule has 1 unspecified atom stereocenters. The van der Waals surface area contributed by atoms with Gasteiger partial charge in [0.1, 0.15) is 0 Å². The first kappa shape index (κ1) is 14.5. The molecule has 2 rings (SSSR count). The molecular formula is C17H28N2. The Morgan fingerprint density at radius 2 is 1.74 bits per heavy atom. The van der Waals surface area contributed by atoms with E-state index in [-0.39, 0.29) is 0 Å². The summed E-state index contributed by atoms with van der Waals surface area (Å²) in [6, 6.07) is 9.93. The van der Waals surface area contributed by atoms with E-state index in [1.54, 1.807) is 0 Å². The maximum atomic E-state index is 3.62. The molecule has 0 spiro atoms. The zero-order valence-corrected chi connectivity index (χ0v) is 12.5. The molecule has 1 aliphatic heterocycles. The second kappa shape index (κ2) is 7.66. The number of hydrogen-bond acceptors (Lipinski definition) is 2. The summed E-state index contributed by atoms with van der Waals surface area (Å²) in [4.78, 5) is 2.46. The predicted octanol–water partition coefficient (Wildman–Crippen LogP) is 3.21. The zero-order chi connectivity index (χ0) is 13.5. The molecule has 0 radical (unpaired) electrons. The van der Waals surface area contributed by atoms with E-state index in [4.69, 9.17) is 0 Å². The minimum Gasteiger partial charge on any atom is -0.314 e. The molecule has 0 aliphatic carbocycles. The first-order chi connectivity index (χ1) is 9.31. The van der Waals surface area contributed by atoms with Gasteiger partial charge in [-0.3, -0.25) is 4.90 Å². The van der Waals surface area contributed by atoms with Gasteiger partial charge < -0.3 is 5.32 Å². The monoisotopic (exact) mass is 260 g/mol. The number of nitrogens with one attached hydrogen (secondary N) is 1. The molecule has 0 amide bonds. The number of hydrogen-bond donors (Lipinski definition) is 1. The Labute approximate surface area is 118 Å². The largest absolute Gasteiger partial charge is 0.314 e. The van der Waals surface area contributed by atoms with E-state index >= 15 is 0 Å². The third-order valence-electron chi connectivity index (χ3n) is 4.22. The summed E-state index contributed by atoms with van der Waals surface area (Å²) < 4.78 is 0. The lowest BCUT2D eigenvalue weighted by atomic mass is 9.97. The summed E-state index contributed by atoms with van der Waals surface area (Å²) in [6.45, 7) is 8.99. The van der Waals surface area contributed by atoms with Crippen molar-refractivity contribution in [3.8, 4) is 0 Å². The summed E-state index contributed by atoms with van der Waals surface area (Å²) >= 11 is 0. The molecule has 1 aromatic carbocycles. The van der Waals surface area contributed by atoms with Crippen LogP contribution in [0.4, 0.5) is 0 Å². The van der Waals surface area contributed by atoms with Crippen molar-refractivity contribution in [3.05, 3.63) is 35.4 Å². The van der Waals surface area contributed by atoms with E-state index in [0.717, 1.165) is 19.6 Å². The lowest BCUT2D eigenvalue weighted by Gasteiger charge is -2.23. The van der Waals surface area contributed by atoms with E-state index in [9.17, 15) is 0 Å². The van der Waals surface area contributed by atoms with E-state index in [0.29, 0.717) is 6.04 Å². The second-order valence-electron chi connectivity index (χ2n) is 5.63. The highest BCUT2D eigenvalue weighted by molar-refractivity contribution is 5.23. The van der Waals surface area contributed by atoms with Gasteiger partial charge in [0, 0.05) is 12.6 Å². The van der Waals surface area contributed by atoms with Crippen LogP contribution in [0.25, 0.3) is 0 Å². The summed E-state index contributed by atoms with van der Waals surface area (Å²) in [6.07, 6.45) is 5.25. The summed E-state index contributed by atoms with van der Waals surface area (Å²) in [5, 5.41) is 3.62. The van der Waals surface area contributed by atoms with Crippen LogP contribution < -0.4 is 5.32 Å². The molecule has 1 N–H and O–H groups in total. The first-order valence-corrected chi connectivity index (χ1v) is 7.85. The molecule has 106 valence electrons. The average molecular weight is 260 g/mol. The van der Waals surface area contributed by atoms with Crippen LogP contribution in [0.15, 0.2) is 24.3 Å². The molecule has 1 heterocycles. The molecule has 1 atom stereocenters. The van der Waals surface area contributed by atoms with Crippen LogP contribution in [0, 0.1) is 0 Å². The Morgan fingerprint density at radius 3 is 2.32 bits per heavy atom. The van der Waals surface area contributed by atoms with Crippen molar-refractivity contribution in [2.75, 3.05) is 19.6 Å². The Balaban J connectivity index is 1.86. The summed E-state index contributed by atoms with van der Waals surface area (Å²) in [5.41, 5.74) is 2.91. The molecule has 1 aromatic rings. The molecule has 2 nitrogen and oxygen atoms in total. The van der Waals surface area contributed by atoms with Gasteiger partial charge in [0.15, 0.2) is 0 Å². The number of rotatable bonds is 6. The van der Waals surface area contributed by atoms with E-state index in [2.05, 4.69) is 48.3 Å². The van der Waals surface area contributed by atoms with Crippen LogP contribution in [-0.4, -0.2) is 30.6 Å². The summed E-state index contributed by atoms with van der Waals surface area (Å²) in [5.74, 6) is 0. The Morgan fingerprint density at radius 1 is 1.05 bits per heavy atom. The van der Waals surface area contributed by atoms with Crippen molar-refractivity contribution in [1.29, 1.82) is 0 Å². The van der Waals surface area contributed by atoms with Gasteiger partial charge in [-0.1, -0.05) is 44.5 Å². The van der Waals surface area contributed by atoms with Crippen LogP contribution in [-0.2, 0) is 13.0 Å². The van der Waals surface area contributed by atoms with E-state index in [1.807, 2.05) is 0 Å². The minimum atomic E-state index is 0.697. The van der Waals surface area contributed by atoms with Gasteiger partial charge in [-0.2, -0.15) is 0 Å². The predicted molar refractivity (Wildman–Crippen MR) is 82.4 cm³/mol. The standard InChI is InChI=1S/C17H28N2/c1-3-19(4-2)14-16-10-8-15(9-11-16)13-17-7-5-6-12-18-17/h8-11,17-18H,3-7,12-14H2,1-2H3. The maximum Gasteiger partial charge on any atom is 0.0233 e. The van der Waals surface area contributed by atoms with Crippen molar-refractivity contribution in [2.45, 2.75) is 52.1 Å². The van der Waals surface area contributed by atoms with Crippen LogP contribution in [0.1, 0.15) is 44.2 Å². The molecule has 0 aromatic heterocycles. The van der Waals surface area contributed by atoms with Gasteiger partial charge in [0.2, 0.25) is 0 Å². The van der Waals surface area contributed by atoms with Crippen LogP contribution in [0.5, 0.6) is 0 Å². The van der Waals surface area contributed by atoms with E-state index < -0.39 is 0 Å². The minimum absolute atomic E-state index is 0.697. The highest BCUT2D eigenvalue weighted by Gasteiger charge is 2.12. The van der Waals surface area contributed by atoms with Gasteiger partial charge in [-0.15, -0.1) is 0 Å². The first-order valence-electron chi connectivity index (χ1n) is 7.85. The Hall–Kier alpha value is -0.860. The average Bonchev–Trinajstić information content (AvgIpc) is 2.47. The van der Waals surface area contributed by atoms with Gasteiger partial charge in [0.25, 0.3) is 0 Å². The van der Waals surface area contributed by atoms with Gasteiger partial charge in [0.05, 0.1) is 0 Å². The Bertz CT molecular complexity index is 348. The zero-order valence-electron chi connectivity index (χ0n) is 12.5.